The number of hydrogen-bond donors (Lipinski definition) is 2. The molecule has 0 aliphatic carbocycles. The first kappa shape index (κ1) is 14.8. The van der Waals surface area contributed by atoms with Gasteiger partial charge in [-0.25, -0.2) is 0 Å². The van der Waals surface area contributed by atoms with Crippen LogP contribution in [-0.4, -0.2) is 45.7 Å². The number of aliphatic hydroxyl groups excluding tert-OH is 1. The topological polar surface area (TPSA) is 60.0 Å². The summed E-state index contributed by atoms with van der Waals surface area (Å²) in [6.07, 6.45) is 0. The first-order chi connectivity index (χ1) is 8.80. The fourth-order valence-corrected chi connectivity index (χ4v) is 1.51. The van der Waals surface area contributed by atoms with Crippen LogP contribution in [0.3, 0.4) is 0 Å². The van der Waals surface area contributed by atoms with Crippen molar-refractivity contribution >= 4 is 0 Å². The molecule has 0 atom stereocenters. The number of rotatable bonds is 9. The lowest BCUT2D eigenvalue weighted by molar-refractivity contribution is 0.0938. The van der Waals surface area contributed by atoms with Gasteiger partial charge in [-0.2, -0.15) is 0 Å². The summed E-state index contributed by atoms with van der Waals surface area (Å²) in [5.74, 6) is 1.56. The Balaban J connectivity index is 2.36. The fraction of sp³-hybridized carbons (Fsp3) is 0.538. The SMILES string of the molecule is COc1cc(CNCCOCCO)cc(OC)c1. The molecule has 0 aliphatic rings. The van der Waals surface area contributed by atoms with Crippen LogP contribution < -0.4 is 14.8 Å². The van der Waals surface area contributed by atoms with Crippen LogP contribution in [0.25, 0.3) is 0 Å². The van der Waals surface area contributed by atoms with E-state index in [2.05, 4.69) is 5.32 Å². The molecule has 1 aromatic carbocycles. The van der Waals surface area contributed by atoms with Crippen LogP contribution >= 0.6 is 0 Å². The first-order valence-corrected chi connectivity index (χ1v) is 5.91. The molecule has 1 aromatic rings. The van der Waals surface area contributed by atoms with Crippen molar-refractivity contribution in [3.05, 3.63) is 23.8 Å². The summed E-state index contributed by atoms with van der Waals surface area (Å²) in [5, 5.41) is 11.8. The molecule has 0 fully saturated rings. The first-order valence-electron chi connectivity index (χ1n) is 5.91. The highest BCUT2D eigenvalue weighted by Crippen LogP contribution is 2.22. The minimum atomic E-state index is 0.0626. The van der Waals surface area contributed by atoms with Crippen LogP contribution in [0.2, 0.25) is 0 Å². The third kappa shape index (κ3) is 5.35. The molecule has 0 amide bonds. The van der Waals surface area contributed by atoms with Crippen LogP contribution in [0.5, 0.6) is 11.5 Å². The molecular weight excluding hydrogens is 234 g/mol. The van der Waals surface area contributed by atoms with Crippen LogP contribution in [0.4, 0.5) is 0 Å². The van der Waals surface area contributed by atoms with Crippen LogP contribution in [-0.2, 0) is 11.3 Å². The Morgan fingerprint density at radius 1 is 1.06 bits per heavy atom. The number of ether oxygens (including phenoxy) is 3. The van der Waals surface area contributed by atoms with Crippen molar-refractivity contribution in [2.75, 3.05) is 40.6 Å². The molecule has 5 nitrogen and oxygen atoms in total. The summed E-state index contributed by atoms with van der Waals surface area (Å²) in [6, 6.07) is 5.77. The second-order valence-corrected chi connectivity index (χ2v) is 3.73. The molecule has 0 saturated carbocycles. The van der Waals surface area contributed by atoms with E-state index in [0.29, 0.717) is 13.2 Å². The Morgan fingerprint density at radius 2 is 1.72 bits per heavy atom. The number of hydrogen-bond acceptors (Lipinski definition) is 5. The van der Waals surface area contributed by atoms with E-state index in [4.69, 9.17) is 19.3 Å². The normalized spacial score (nSPS) is 10.4. The van der Waals surface area contributed by atoms with E-state index < -0.39 is 0 Å². The van der Waals surface area contributed by atoms with Gasteiger partial charge in [-0.05, 0) is 17.7 Å². The summed E-state index contributed by atoms with van der Waals surface area (Å²) < 4.78 is 15.5. The third-order valence-corrected chi connectivity index (χ3v) is 2.40. The molecule has 1 rings (SSSR count). The van der Waals surface area contributed by atoms with Crippen molar-refractivity contribution < 1.29 is 19.3 Å². The van der Waals surface area contributed by atoms with Gasteiger partial charge in [0.2, 0.25) is 0 Å². The van der Waals surface area contributed by atoms with Gasteiger partial charge in [-0.1, -0.05) is 0 Å². The van der Waals surface area contributed by atoms with Gasteiger partial charge in [0.15, 0.2) is 0 Å². The molecule has 0 heterocycles. The Labute approximate surface area is 108 Å². The van der Waals surface area contributed by atoms with Gasteiger partial charge in [0.1, 0.15) is 11.5 Å². The standard InChI is InChI=1S/C13H21NO4/c1-16-12-7-11(8-13(9-12)17-2)10-14-3-5-18-6-4-15/h7-9,14-15H,3-6,10H2,1-2H3. The van der Waals surface area contributed by atoms with E-state index >= 15 is 0 Å². The van der Waals surface area contributed by atoms with E-state index in [1.807, 2.05) is 18.2 Å². The van der Waals surface area contributed by atoms with Gasteiger partial charge in [-0.15, -0.1) is 0 Å². The molecule has 0 spiro atoms. The second-order valence-electron chi connectivity index (χ2n) is 3.73. The quantitative estimate of drug-likeness (QED) is 0.639. The van der Waals surface area contributed by atoms with Crippen molar-refractivity contribution in [2.45, 2.75) is 6.54 Å². The van der Waals surface area contributed by atoms with Gasteiger partial charge in [-0.3, -0.25) is 0 Å². The molecule has 0 aliphatic heterocycles. The second kappa shape index (κ2) is 8.74. The van der Waals surface area contributed by atoms with Crippen LogP contribution in [0.1, 0.15) is 5.56 Å². The fourth-order valence-electron chi connectivity index (χ4n) is 1.51. The number of benzene rings is 1. The van der Waals surface area contributed by atoms with E-state index in [0.717, 1.165) is 30.2 Å². The summed E-state index contributed by atoms with van der Waals surface area (Å²) in [7, 11) is 3.27. The van der Waals surface area contributed by atoms with Crippen LogP contribution in [0.15, 0.2) is 18.2 Å². The zero-order chi connectivity index (χ0) is 13.2. The van der Waals surface area contributed by atoms with Crippen molar-refractivity contribution in [3.63, 3.8) is 0 Å². The monoisotopic (exact) mass is 255 g/mol. The Hall–Kier alpha value is -1.30. The van der Waals surface area contributed by atoms with Crippen LogP contribution in [0, 0.1) is 0 Å². The maximum atomic E-state index is 8.54. The highest BCUT2D eigenvalue weighted by atomic mass is 16.5. The Bertz CT molecular complexity index is 322. The molecule has 0 aromatic heterocycles. The lowest BCUT2D eigenvalue weighted by atomic mass is 10.2. The highest BCUT2D eigenvalue weighted by Gasteiger charge is 2.01. The number of methoxy groups -OCH3 is 2. The number of nitrogens with one attached hydrogen (secondary N) is 1. The molecule has 2 N–H and O–H groups in total. The average Bonchev–Trinajstić information content (AvgIpc) is 2.42. The zero-order valence-electron chi connectivity index (χ0n) is 10.9. The predicted octanol–water partition coefficient (Wildman–Crippen LogP) is 0.802. The molecule has 0 saturated heterocycles. The van der Waals surface area contributed by atoms with E-state index in [-0.39, 0.29) is 6.61 Å². The van der Waals surface area contributed by atoms with E-state index in [9.17, 15) is 0 Å². The number of aliphatic hydroxyl groups is 1. The molecule has 0 unspecified atom stereocenters. The minimum Gasteiger partial charge on any atom is -0.497 e. The summed E-state index contributed by atoms with van der Waals surface area (Å²) in [5.41, 5.74) is 1.09. The molecule has 5 heteroatoms. The van der Waals surface area contributed by atoms with Gasteiger partial charge in [0.25, 0.3) is 0 Å². The summed E-state index contributed by atoms with van der Waals surface area (Å²) in [6.45, 7) is 2.49. The van der Waals surface area contributed by atoms with Gasteiger partial charge in [0, 0.05) is 19.2 Å². The highest BCUT2D eigenvalue weighted by molar-refractivity contribution is 5.38. The van der Waals surface area contributed by atoms with Crippen molar-refractivity contribution in [2.24, 2.45) is 0 Å². The molecule has 18 heavy (non-hydrogen) atoms. The minimum absolute atomic E-state index is 0.0626. The van der Waals surface area contributed by atoms with Crippen molar-refractivity contribution in [1.29, 1.82) is 0 Å². The summed E-state index contributed by atoms with van der Waals surface area (Å²) >= 11 is 0. The molecule has 102 valence electrons. The van der Waals surface area contributed by atoms with E-state index in [1.54, 1.807) is 14.2 Å². The molecular formula is C13H21NO4. The molecule has 0 radical (unpaired) electrons. The largest absolute Gasteiger partial charge is 0.497 e. The van der Waals surface area contributed by atoms with Gasteiger partial charge in [0.05, 0.1) is 34.0 Å². The smallest absolute Gasteiger partial charge is 0.122 e. The van der Waals surface area contributed by atoms with Gasteiger partial charge >= 0.3 is 0 Å². The van der Waals surface area contributed by atoms with Crippen molar-refractivity contribution in [1.82, 2.24) is 5.32 Å². The zero-order valence-corrected chi connectivity index (χ0v) is 10.9. The molecule has 0 bridgehead atoms. The predicted molar refractivity (Wildman–Crippen MR) is 69.2 cm³/mol. The Morgan fingerprint density at radius 3 is 2.28 bits per heavy atom. The maximum absolute atomic E-state index is 8.54. The Kier molecular flexibility index (Phi) is 7.17. The van der Waals surface area contributed by atoms with E-state index in [1.165, 1.54) is 0 Å². The maximum Gasteiger partial charge on any atom is 0.122 e. The van der Waals surface area contributed by atoms with Crippen molar-refractivity contribution in [3.8, 4) is 11.5 Å². The average molecular weight is 255 g/mol. The lowest BCUT2D eigenvalue weighted by Crippen LogP contribution is -2.20. The lowest BCUT2D eigenvalue weighted by Gasteiger charge is -2.09. The van der Waals surface area contributed by atoms with Gasteiger partial charge < -0.3 is 24.6 Å². The third-order valence-electron chi connectivity index (χ3n) is 2.40. The summed E-state index contributed by atoms with van der Waals surface area (Å²) in [4.78, 5) is 0.